The molecule has 106 valence electrons. The topological polar surface area (TPSA) is 68.7 Å². The second-order valence-electron chi connectivity index (χ2n) is 5.27. The van der Waals surface area contributed by atoms with Crippen molar-refractivity contribution in [3.8, 4) is 0 Å². The zero-order valence-corrected chi connectivity index (χ0v) is 11.8. The molecule has 0 aliphatic heterocycles. The minimum absolute atomic E-state index is 0.293. The third-order valence-electron chi connectivity index (χ3n) is 3.72. The summed E-state index contributed by atoms with van der Waals surface area (Å²) in [4.78, 5) is 13.7. The highest BCUT2D eigenvalue weighted by Gasteiger charge is 2.33. The molecule has 1 heterocycles. The molecule has 1 aromatic heterocycles. The second-order valence-corrected chi connectivity index (χ2v) is 5.27. The standard InChI is InChI=1S/C14H22N2O3/c1-9-6-11(19-13(9)14(17)18-3)8-16(2)12(7-15)10-4-5-10/h6,10,12H,4-5,7-8,15H2,1-3H3. The summed E-state index contributed by atoms with van der Waals surface area (Å²) >= 11 is 0. The van der Waals surface area contributed by atoms with Crippen LogP contribution in [0.15, 0.2) is 10.5 Å². The van der Waals surface area contributed by atoms with Gasteiger partial charge in [-0.2, -0.15) is 0 Å². The lowest BCUT2D eigenvalue weighted by Crippen LogP contribution is -2.39. The van der Waals surface area contributed by atoms with Gasteiger partial charge in [0.2, 0.25) is 5.76 Å². The number of esters is 1. The van der Waals surface area contributed by atoms with Crippen LogP contribution in [0.5, 0.6) is 0 Å². The van der Waals surface area contributed by atoms with Crippen molar-refractivity contribution in [3.63, 3.8) is 0 Å². The van der Waals surface area contributed by atoms with Crippen LogP contribution in [0.3, 0.4) is 0 Å². The van der Waals surface area contributed by atoms with Crippen LogP contribution >= 0.6 is 0 Å². The van der Waals surface area contributed by atoms with Gasteiger partial charge >= 0.3 is 5.97 Å². The van der Waals surface area contributed by atoms with Crippen molar-refractivity contribution in [2.75, 3.05) is 20.7 Å². The third-order valence-corrected chi connectivity index (χ3v) is 3.72. The highest BCUT2D eigenvalue weighted by Crippen LogP contribution is 2.35. The first-order valence-electron chi connectivity index (χ1n) is 6.64. The lowest BCUT2D eigenvalue weighted by atomic mass is 10.1. The van der Waals surface area contributed by atoms with Crippen molar-refractivity contribution in [1.82, 2.24) is 4.90 Å². The predicted molar refractivity (Wildman–Crippen MR) is 71.8 cm³/mol. The summed E-state index contributed by atoms with van der Waals surface area (Å²) in [5.74, 6) is 1.36. The van der Waals surface area contributed by atoms with E-state index in [2.05, 4.69) is 9.64 Å². The fourth-order valence-corrected chi connectivity index (χ4v) is 2.50. The Morgan fingerprint density at radius 2 is 2.32 bits per heavy atom. The van der Waals surface area contributed by atoms with Crippen LogP contribution in [0.1, 0.15) is 34.7 Å². The molecule has 1 fully saturated rings. The lowest BCUT2D eigenvalue weighted by molar-refractivity contribution is 0.0559. The maximum absolute atomic E-state index is 11.5. The molecule has 0 aromatic carbocycles. The first-order valence-corrected chi connectivity index (χ1v) is 6.64. The predicted octanol–water partition coefficient (Wildman–Crippen LogP) is 1.54. The van der Waals surface area contributed by atoms with E-state index in [0.717, 1.165) is 11.3 Å². The Kier molecular flexibility index (Phi) is 4.27. The van der Waals surface area contributed by atoms with Gasteiger partial charge < -0.3 is 14.9 Å². The van der Waals surface area contributed by atoms with Crippen LogP contribution in [0, 0.1) is 12.8 Å². The molecule has 0 spiro atoms. The number of furan rings is 1. The van der Waals surface area contributed by atoms with Gasteiger partial charge in [0.05, 0.1) is 13.7 Å². The smallest absolute Gasteiger partial charge is 0.374 e. The molecule has 19 heavy (non-hydrogen) atoms. The van der Waals surface area contributed by atoms with Crippen LogP contribution < -0.4 is 5.73 Å². The molecule has 1 unspecified atom stereocenters. The normalized spacial score (nSPS) is 16.7. The Labute approximate surface area is 113 Å². The monoisotopic (exact) mass is 266 g/mol. The van der Waals surface area contributed by atoms with Gasteiger partial charge in [0.25, 0.3) is 0 Å². The third kappa shape index (κ3) is 3.16. The minimum Gasteiger partial charge on any atom is -0.463 e. The summed E-state index contributed by atoms with van der Waals surface area (Å²) in [7, 11) is 3.40. The van der Waals surface area contributed by atoms with Crippen molar-refractivity contribution < 1.29 is 13.9 Å². The van der Waals surface area contributed by atoms with E-state index >= 15 is 0 Å². The summed E-state index contributed by atoms with van der Waals surface area (Å²) in [6, 6.07) is 2.29. The fraction of sp³-hybridized carbons (Fsp3) is 0.643. The van der Waals surface area contributed by atoms with Crippen molar-refractivity contribution in [3.05, 3.63) is 23.2 Å². The molecule has 5 heteroatoms. The van der Waals surface area contributed by atoms with E-state index in [1.165, 1.54) is 20.0 Å². The molecular weight excluding hydrogens is 244 g/mol. The molecule has 0 bridgehead atoms. The molecule has 1 atom stereocenters. The molecular formula is C14H22N2O3. The molecule has 1 aliphatic carbocycles. The van der Waals surface area contributed by atoms with Gasteiger partial charge in [0.1, 0.15) is 5.76 Å². The summed E-state index contributed by atoms with van der Waals surface area (Å²) in [6.07, 6.45) is 2.52. The van der Waals surface area contributed by atoms with Crippen molar-refractivity contribution >= 4 is 5.97 Å². The molecule has 1 aliphatic rings. The number of hydrogen-bond acceptors (Lipinski definition) is 5. The lowest BCUT2D eigenvalue weighted by Gasteiger charge is -2.25. The maximum Gasteiger partial charge on any atom is 0.374 e. The molecule has 1 aromatic rings. The van der Waals surface area contributed by atoms with Crippen LogP contribution in [-0.2, 0) is 11.3 Å². The molecule has 2 N–H and O–H groups in total. The van der Waals surface area contributed by atoms with Crippen LogP contribution in [0.2, 0.25) is 0 Å². The summed E-state index contributed by atoms with van der Waals surface area (Å²) in [5.41, 5.74) is 6.64. The summed E-state index contributed by atoms with van der Waals surface area (Å²) in [6.45, 7) is 3.17. The van der Waals surface area contributed by atoms with E-state index in [-0.39, 0.29) is 0 Å². The van der Waals surface area contributed by atoms with E-state index in [1.54, 1.807) is 0 Å². The van der Waals surface area contributed by atoms with Crippen molar-refractivity contribution in [2.45, 2.75) is 32.4 Å². The molecule has 0 amide bonds. The Hall–Kier alpha value is -1.33. The highest BCUT2D eigenvalue weighted by molar-refractivity contribution is 5.87. The fourth-order valence-electron chi connectivity index (χ4n) is 2.50. The van der Waals surface area contributed by atoms with Gasteiger partial charge in [0, 0.05) is 18.2 Å². The number of ether oxygens (including phenoxy) is 1. The van der Waals surface area contributed by atoms with E-state index in [9.17, 15) is 4.79 Å². The SMILES string of the molecule is COC(=O)c1oc(CN(C)C(CN)C2CC2)cc1C. The average molecular weight is 266 g/mol. The zero-order chi connectivity index (χ0) is 14.0. The molecule has 0 radical (unpaired) electrons. The highest BCUT2D eigenvalue weighted by atomic mass is 16.5. The van der Waals surface area contributed by atoms with Gasteiger partial charge in [-0.15, -0.1) is 0 Å². The number of nitrogens with two attached hydrogens (primary N) is 1. The van der Waals surface area contributed by atoms with Gasteiger partial charge in [0.15, 0.2) is 0 Å². The number of aryl methyl sites for hydroxylation is 1. The largest absolute Gasteiger partial charge is 0.463 e. The first kappa shape index (κ1) is 14.1. The minimum atomic E-state index is -0.427. The van der Waals surface area contributed by atoms with Crippen molar-refractivity contribution in [1.29, 1.82) is 0 Å². The second kappa shape index (κ2) is 5.75. The van der Waals surface area contributed by atoms with E-state index in [1.807, 2.05) is 20.0 Å². The van der Waals surface area contributed by atoms with Crippen LogP contribution in [0.4, 0.5) is 0 Å². The number of hydrogen-bond donors (Lipinski definition) is 1. The maximum atomic E-state index is 11.5. The Bertz CT molecular complexity index is 452. The zero-order valence-electron chi connectivity index (χ0n) is 11.8. The number of carbonyl (C=O) groups is 1. The first-order chi connectivity index (χ1) is 9.06. The Morgan fingerprint density at radius 1 is 1.63 bits per heavy atom. The average Bonchev–Trinajstić information content (AvgIpc) is 3.14. The van der Waals surface area contributed by atoms with Crippen LogP contribution in [-0.4, -0.2) is 37.6 Å². The summed E-state index contributed by atoms with van der Waals surface area (Å²) < 4.78 is 10.3. The van der Waals surface area contributed by atoms with E-state index < -0.39 is 5.97 Å². The quantitative estimate of drug-likeness (QED) is 0.791. The molecule has 2 rings (SSSR count). The van der Waals surface area contributed by atoms with Gasteiger partial charge in [-0.1, -0.05) is 0 Å². The van der Waals surface area contributed by atoms with Crippen molar-refractivity contribution in [2.24, 2.45) is 11.7 Å². The molecule has 0 saturated heterocycles. The summed E-state index contributed by atoms with van der Waals surface area (Å²) in [5, 5.41) is 0. The molecule has 5 nitrogen and oxygen atoms in total. The number of carbonyl (C=O) groups excluding carboxylic acids is 1. The van der Waals surface area contributed by atoms with Gasteiger partial charge in [-0.25, -0.2) is 4.79 Å². The Morgan fingerprint density at radius 3 is 2.84 bits per heavy atom. The number of rotatable bonds is 6. The molecule has 1 saturated carbocycles. The van der Waals surface area contributed by atoms with Crippen LogP contribution in [0.25, 0.3) is 0 Å². The number of methoxy groups -OCH3 is 1. The van der Waals surface area contributed by atoms with Gasteiger partial charge in [-0.05, 0) is 38.8 Å². The number of likely N-dealkylation sites (N-methyl/N-ethyl adjacent to an activating group) is 1. The van der Waals surface area contributed by atoms with Gasteiger partial charge in [-0.3, -0.25) is 4.90 Å². The van der Waals surface area contributed by atoms with E-state index in [4.69, 9.17) is 10.2 Å². The van der Waals surface area contributed by atoms with E-state index in [0.29, 0.717) is 30.8 Å². The number of nitrogens with zero attached hydrogens (tertiary/aromatic N) is 1. The Balaban J connectivity index is 2.04.